The number of anilines is 1. The number of amides is 3. The van der Waals surface area contributed by atoms with Gasteiger partial charge in [-0.2, -0.15) is 0 Å². The fraction of sp³-hybridized carbons (Fsp3) is 0.308. The molecule has 0 atom stereocenters. The van der Waals surface area contributed by atoms with E-state index in [2.05, 4.69) is 5.32 Å². The van der Waals surface area contributed by atoms with Gasteiger partial charge in [0.05, 0.1) is 11.1 Å². The van der Waals surface area contributed by atoms with Gasteiger partial charge in [-0.1, -0.05) is 0 Å². The van der Waals surface area contributed by atoms with Crippen molar-refractivity contribution in [3.8, 4) is 0 Å². The van der Waals surface area contributed by atoms with Gasteiger partial charge in [0.2, 0.25) is 5.91 Å². The number of carbonyl (C=O) groups excluding carboxylic acids is 3. The van der Waals surface area contributed by atoms with Crippen molar-refractivity contribution in [3.63, 3.8) is 0 Å². The molecule has 1 aliphatic rings. The molecule has 0 fully saturated rings. The molecule has 0 bridgehead atoms. The fourth-order valence-corrected chi connectivity index (χ4v) is 1.83. The van der Waals surface area contributed by atoms with Crippen LogP contribution in [0.4, 0.5) is 5.69 Å². The number of rotatable bonds is 4. The molecule has 1 heterocycles. The molecule has 1 aliphatic heterocycles. The maximum atomic E-state index is 11.8. The predicted molar refractivity (Wildman–Crippen MR) is 68.0 cm³/mol. The van der Waals surface area contributed by atoms with Crippen LogP contribution in [-0.4, -0.2) is 42.9 Å². The number of hydrogen-bond donors (Lipinski definition) is 1. The Morgan fingerprint density at radius 1 is 1.26 bits per heavy atom. The topological polar surface area (TPSA) is 75.7 Å². The number of hydrogen-bond acceptors (Lipinski definition) is 4. The molecule has 1 aromatic rings. The molecule has 3 amide bonds. The normalized spacial score (nSPS) is 13.7. The first-order chi connectivity index (χ1) is 9.04. The molecule has 6 nitrogen and oxygen atoms in total. The minimum absolute atomic E-state index is 0.0413. The van der Waals surface area contributed by atoms with Crippen molar-refractivity contribution < 1.29 is 19.1 Å². The summed E-state index contributed by atoms with van der Waals surface area (Å²) in [5, 5.41) is 2.61. The van der Waals surface area contributed by atoms with Gasteiger partial charge in [-0.3, -0.25) is 19.3 Å². The molecule has 0 saturated carbocycles. The molecule has 1 N–H and O–H groups in total. The van der Waals surface area contributed by atoms with Crippen molar-refractivity contribution >= 4 is 23.4 Å². The monoisotopic (exact) mass is 262 g/mol. The molecule has 100 valence electrons. The Balaban J connectivity index is 2.17. The number of nitrogens with zero attached hydrogens (tertiary/aromatic N) is 1. The summed E-state index contributed by atoms with van der Waals surface area (Å²) in [4.78, 5) is 36.0. The van der Waals surface area contributed by atoms with Crippen molar-refractivity contribution in [2.24, 2.45) is 0 Å². The highest BCUT2D eigenvalue weighted by Crippen LogP contribution is 2.24. The van der Waals surface area contributed by atoms with E-state index in [-0.39, 0.29) is 24.3 Å². The number of ether oxygens (including phenoxy) is 1. The molecule has 0 unspecified atom stereocenters. The average molecular weight is 262 g/mol. The van der Waals surface area contributed by atoms with Crippen molar-refractivity contribution in [1.29, 1.82) is 0 Å². The third kappa shape index (κ3) is 2.48. The summed E-state index contributed by atoms with van der Waals surface area (Å²) in [6.07, 6.45) is 0. The van der Waals surface area contributed by atoms with Crippen molar-refractivity contribution in [2.75, 3.05) is 25.6 Å². The van der Waals surface area contributed by atoms with Gasteiger partial charge >= 0.3 is 0 Å². The highest BCUT2D eigenvalue weighted by molar-refractivity contribution is 6.21. The fourth-order valence-electron chi connectivity index (χ4n) is 1.83. The summed E-state index contributed by atoms with van der Waals surface area (Å²) in [6.45, 7) is 2.21. The van der Waals surface area contributed by atoms with E-state index >= 15 is 0 Å². The lowest BCUT2D eigenvalue weighted by Gasteiger charge is -2.06. The van der Waals surface area contributed by atoms with Crippen LogP contribution >= 0.6 is 0 Å². The van der Waals surface area contributed by atoms with E-state index in [0.29, 0.717) is 23.4 Å². The van der Waals surface area contributed by atoms with Crippen LogP contribution in [0.25, 0.3) is 0 Å². The Morgan fingerprint density at radius 2 is 1.95 bits per heavy atom. The maximum absolute atomic E-state index is 11.8. The molecule has 0 aliphatic carbocycles. The maximum Gasteiger partial charge on any atom is 0.261 e. The zero-order valence-electron chi connectivity index (χ0n) is 10.7. The van der Waals surface area contributed by atoms with Crippen molar-refractivity contribution in [3.05, 3.63) is 29.3 Å². The van der Waals surface area contributed by atoms with Crippen LogP contribution in [0.15, 0.2) is 18.2 Å². The number of benzene rings is 1. The van der Waals surface area contributed by atoms with E-state index in [0.717, 1.165) is 4.90 Å². The molecule has 0 aromatic heterocycles. The smallest absolute Gasteiger partial charge is 0.261 e. The van der Waals surface area contributed by atoms with E-state index < -0.39 is 0 Å². The number of nitrogens with one attached hydrogen (secondary N) is 1. The lowest BCUT2D eigenvalue weighted by Crippen LogP contribution is -2.24. The van der Waals surface area contributed by atoms with Crippen LogP contribution in [0, 0.1) is 0 Å². The summed E-state index contributed by atoms with van der Waals surface area (Å²) in [5.74, 6) is -0.986. The number of fused-ring (bicyclic) bond motifs is 1. The molecule has 0 saturated heterocycles. The number of imide groups is 1. The SMILES string of the molecule is CCOCC(=O)Nc1ccc2c(c1)C(=O)N(C)C2=O. The highest BCUT2D eigenvalue weighted by atomic mass is 16.5. The Kier molecular flexibility index (Phi) is 3.62. The van der Waals surface area contributed by atoms with Crippen molar-refractivity contribution in [1.82, 2.24) is 4.90 Å². The van der Waals surface area contributed by atoms with Crippen LogP contribution in [0.2, 0.25) is 0 Å². The van der Waals surface area contributed by atoms with Crippen LogP contribution in [0.5, 0.6) is 0 Å². The lowest BCUT2D eigenvalue weighted by molar-refractivity contribution is -0.120. The van der Waals surface area contributed by atoms with Gasteiger partial charge in [0.25, 0.3) is 11.8 Å². The first-order valence-corrected chi connectivity index (χ1v) is 5.88. The Labute approximate surface area is 110 Å². The van der Waals surface area contributed by atoms with E-state index in [1.807, 2.05) is 0 Å². The molecule has 0 spiro atoms. The van der Waals surface area contributed by atoms with Gasteiger partial charge in [-0.15, -0.1) is 0 Å². The van der Waals surface area contributed by atoms with E-state index in [1.54, 1.807) is 13.0 Å². The van der Waals surface area contributed by atoms with Gasteiger partial charge in [0, 0.05) is 19.3 Å². The predicted octanol–water partition coefficient (Wildman–Crippen LogP) is 0.887. The van der Waals surface area contributed by atoms with Gasteiger partial charge < -0.3 is 10.1 Å². The zero-order valence-corrected chi connectivity index (χ0v) is 10.7. The molecular weight excluding hydrogens is 248 g/mol. The second kappa shape index (κ2) is 5.19. The Bertz CT molecular complexity index is 554. The zero-order chi connectivity index (χ0) is 14.0. The summed E-state index contributed by atoms with van der Waals surface area (Å²) < 4.78 is 4.97. The summed E-state index contributed by atoms with van der Waals surface area (Å²) in [5.41, 5.74) is 1.14. The van der Waals surface area contributed by atoms with Crippen LogP contribution in [0.3, 0.4) is 0 Å². The van der Waals surface area contributed by atoms with Gasteiger partial charge in [-0.25, -0.2) is 0 Å². The first-order valence-electron chi connectivity index (χ1n) is 5.88. The first kappa shape index (κ1) is 13.2. The Hall–Kier alpha value is -2.21. The molecule has 6 heteroatoms. The molecule has 1 aromatic carbocycles. The van der Waals surface area contributed by atoms with Crippen molar-refractivity contribution in [2.45, 2.75) is 6.92 Å². The molecular formula is C13H14N2O4. The average Bonchev–Trinajstić information content (AvgIpc) is 2.61. The highest BCUT2D eigenvalue weighted by Gasteiger charge is 2.32. The lowest BCUT2D eigenvalue weighted by atomic mass is 10.1. The minimum atomic E-state index is -0.360. The van der Waals surface area contributed by atoms with Gasteiger partial charge in [0.15, 0.2) is 0 Å². The minimum Gasteiger partial charge on any atom is -0.372 e. The van der Waals surface area contributed by atoms with E-state index in [1.165, 1.54) is 19.2 Å². The van der Waals surface area contributed by atoms with E-state index in [9.17, 15) is 14.4 Å². The quantitative estimate of drug-likeness (QED) is 0.817. The third-order valence-electron chi connectivity index (χ3n) is 2.81. The number of carbonyl (C=O) groups is 3. The molecule has 2 rings (SSSR count). The second-order valence-corrected chi connectivity index (χ2v) is 4.11. The molecule has 0 radical (unpaired) electrons. The summed E-state index contributed by atoms with van der Waals surface area (Å²) in [6, 6.07) is 4.63. The second-order valence-electron chi connectivity index (χ2n) is 4.11. The van der Waals surface area contributed by atoms with Crippen LogP contribution < -0.4 is 5.32 Å². The largest absolute Gasteiger partial charge is 0.372 e. The Morgan fingerprint density at radius 3 is 2.63 bits per heavy atom. The van der Waals surface area contributed by atoms with Gasteiger partial charge in [0.1, 0.15) is 6.61 Å². The van der Waals surface area contributed by atoms with E-state index in [4.69, 9.17) is 4.74 Å². The summed E-state index contributed by atoms with van der Waals surface area (Å²) >= 11 is 0. The van der Waals surface area contributed by atoms with Crippen LogP contribution in [-0.2, 0) is 9.53 Å². The van der Waals surface area contributed by atoms with Crippen LogP contribution in [0.1, 0.15) is 27.6 Å². The molecule has 19 heavy (non-hydrogen) atoms. The standard InChI is InChI=1S/C13H14N2O4/c1-3-19-7-11(16)14-8-4-5-9-10(6-8)13(18)15(2)12(9)17/h4-6H,3,7H2,1-2H3,(H,14,16). The summed E-state index contributed by atoms with van der Waals surface area (Å²) in [7, 11) is 1.43. The van der Waals surface area contributed by atoms with Gasteiger partial charge in [-0.05, 0) is 25.1 Å². The third-order valence-corrected chi connectivity index (χ3v) is 2.81.